The Bertz CT molecular complexity index is 545. The van der Waals surface area contributed by atoms with E-state index in [-0.39, 0.29) is 11.5 Å². The molecule has 2 rings (SSSR count). The van der Waals surface area contributed by atoms with Crippen molar-refractivity contribution >= 4 is 45.5 Å². The topological polar surface area (TPSA) is 71.2 Å². The number of anilines is 1. The van der Waals surface area contributed by atoms with E-state index in [2.05, 4.69) is 9.35 Å². The lowest BCUT2D eigenvalue weighted by atomic mass is 10.2. The van der Waals surface area contributed by atoms with Gasteiger partial charge in [0.15, 0.2) is 5.82 Å². The van der Waals surface area contributed by atoms with Gasteiger partial charge in [-0.05, 0) is 18.2 Å². The zero-order valence-corrected chi connectivity index (χ0v) is 8.52. The summed E-state index contributed by atoms with van der Waals surface area (Å²) in [7, 11) is 0. The predicted molar refractivity (Wildman–Crippen MR) is 58.0 cm³/mol. The molecule has 0 aliphatic heterocycles. The Balaban J connectivity index is 2.79. The van der Waals surface area contributed by atoms with Gasteiger partial charge in [0.1, 0.15) is 0 Å². The van der Waals surface area contributed by atoms with Gasteiger partial charge in [-0.2, -0.15) is 4.21 Å². The van der Waals surface area contributed by atoms with Crippen molar-refractivity contribution in [1.82, 2.24) is 4.98 Å². The standard InChI is InChI=1S/C8H6ClN3OS/c9-7-5-2-1-4(10)3-6(5)11-8(7)12-14-13/h1-3,11H,10H2. The molecule has 1 heterocycles. The normalized spacial score (nSPS) is 10.4. The third-order valence-corrected chi connectivity index (χ3v) is 2.51. The van der Waals surface area contributed by atoms with E-state index in [9.17, 15) is 4.21 Å². The molecule has 72 valence electrons. The number of H-pyrrole nitrogens is 1. The Morgan fingerprint density at radius 3 is 3.00 bits per heavy atom. The van der Waals surface area contributed by atoms with Gasteiger partial charge in [0.25, 0.3) is 0 Å². The van der Waals surface area contributed by atoms with E-state index in [1.807, 2.05) is 0 Å². The largest absolute Gasteiger partial charge is 0.399 e. The summed E-state index contributed by atoms with van der Waals surface area (Å²) in [5, 5.41) is 1.26. The van der Waals surface area contributed by atoms with Crippen molar-refractivity contribution in [1.29, 1.82) is 0 Å². The maximum Gasteiger partial charge on any atom is 0.206 e. The number of hydrogen-bond donors (Lipinski definition) is 2. The monoisotopic (exact) mass is 227 g/mol. The Hall–Kier alpha value is -1.33. The number of benzene rings is 1. The molecular weight excluding hydrogens is 222 g/mol. The number of nitrogens with one attached hydrogen (secondary N) is 1. The second-order valence-electron chi connectivity index (χ2n) is 2.76. The van der Waals surface area contributed by atoms with Gasteiger partial charge in [0, 0.05) is 11.1 Å². The molecule has 0 bridgehead atoms. The Labute approximate surface area is 88.3 Å². The highest BCUT2D eigenvalue weighted by Gasteiger charge is 2.08. The summed E-state index contributed by atoms with van der Waals surface area (Å²) in [5.74, 6) is 0.382. The predicted octanol–water partition coefficient (Wildman–Crippen LogP) is 2.43. The third kappa shape index (κ3) is 1.40. The molecule has 0 saturated carbocycles. The molecule has 0 amide bonds. The Morgan fingerprint density at radius 2 is 2.29 bits per heavy atom. The van der Waals surface area contributed by atoms with Crippen LogP contribution < -0.4 is 5.73 Å². The third-order valence-electron chi connectivity index (χ3n) is 1.87. The fraction of sp³-hybridized carbons (Fsp3) is 0. The maximum absolute atomic E-state index is 10.2. The summed E-state index contributed by atoms with van der Waals surface area (Å²) in [5.41, 5.74) is 7.01. The van der Waals surface area contributed by atoms with Crippen LogP contribution in [-0.4, -0.2) is 9.19 Å². The number of nitrogen functional groups attached to an aromatic ring is 1. The lowest BCUT2D eigenvalue weighted by Crippen LogP contribution is -1.82. The molecule has 0 aliphatic rings. The van der Waals surface area contributed by atoms with Crippen molar-refractivity contribution in [2.24, 2.45) is 4.36 Å². The molecule has 6 heteroatoms. The molecule has 0 spiro atoms. The number of halogens is 1. The van der Waals surface area contributed by atoms with E-state index in [1.165, 1.54) is 0 Å². The molecule has 0 fully saturated rings. The van der Waals surface area contributed by atoms with Crippen LogP contribution in [0.3, 0.4) is 0 Å². The minimum Gasteiger partial charge on any atom is -0.399 e. The van der Waals surface area contributed by atoms with Crippen molar-refractivity contribution in [2.75, 3.05) is 5.73 Å². The van der Waals surface area contributed by atoms with E-state index >= 15 is 0 Å². The highest BCUT2D eigenvalue weighted by molar-refractivity contribution is 7.54. The lowest BCUT2D eigenvalue weighted by molar-refractivity contribution is 0.698. The van der Waals surface area contributed by atoms with Crippen molar-refractivity contribution in [3.8, 4) is 0 Å². The molecule has 4 nitrogen and oxygen atoms in total. The van der Waals surface area contributed by atoms with E-state index in [4.69, 9.17) is 17.3 Å². The fourth-order valence-electron chi connectivity index (χ4n) is 1.27. The lowest BCUT2D eigenvalue weighted by Gasteiger charge is -1.91. The summed E-state index contributed by atoms with van der Waals surface area (Å²) < 4.78 is 13.8. The number of rotatable bonds is 1. The quantitative estimate of drug-likeness (QED) is 0.735. The second-order valence-corrected chi connectivity index (χ2v) is 3.47. The summed E-state index contributed by atoms with van der Waals surface area (Å²) in [4.78, 5) is 2.91. The van der Waals surface area contributed by atoms with Crippen LogP contribution in [0, 0.1) is 0 Å². The number of aromatic nitrogens is 1. The van der Waals surface area contributed by atoms with Crippen molar-refractivity contribution in [3.05, 3.63) is 23.2 Å². The summed E-state index contributed by atoms with van der Waals surface area (Å²) in [6.07, 6.45) is 0. The summed E-state index contributed by atoms with van der Waals surface area (Å²) >= 11 is 6.09. The van der Waals surface area contributed by atoms with Gasteiger partial charge >= 0.3 is 0 Å². The van der Waals surface area contributed by atoms with Crippen LogP contribution in [0.5, 0.6) is 0 Å². The molecule has 0 atom stereocenters. The number of nitrogens with two attached hydrogens (primary N) is 1. The maximum atomic E-state index is 10.2. The second kappa shape index (κ2) is 3.43. The SMILES string of the molecule is Nc1ccc2c(Cl)c(N=S=O)[nH]c2c1. The fourth-order valence-corrected chi connectivity index (χ4v) is 1.78. The summed E-state index contributed by atoms with van der Waals surface area (Å²) in [6.45, 7) is 0. The van der Waals surface area contributed by atoms with Gasteiger partial charge in [0.2, 0.25) is 11.5 Å². The number of hydrogen-bond acceptors (Lipinski definition) is 3. The van der Waals surface area contributed by atoms with Gasteiger partial charge in [-0.15, -0.1) is 4.36 Å². The molecular formula is C8H6ClN3OS. The Morgan fingerprint density at radius 1 is 1.50 bits per heavy atom. The minimum absolute atomic E-state index is 0.116. The van der Waals surface area contributed by atoms with Crippen LogP contribution in [0.2, 0.25) is 5.02 Å². The van der Waals surface area contributed by atoms with Crippen molar-refractivity contribution in [3.63, 3.8) is 0 Å². The highest BCUT2D eigenvalue weighted by atomic mass is 35.5. The van der Waals surface area contributed by atoms with E-state index in [1.54, 1.807) is 18.2 Å². The molecule has 0 unspecified atom stereocenters. The van der Waals surface area contributed by atoms with Crippen LogP contribution in [0.25, 0.3) is 10.9 Å². The molecule has 14 heavy (non-hydrogen) atoms. The van der Waals surface area contributed by atoms with Crippen molar-refractivity contribution in [2.45, 2.75) is 0 Å². The first-order valence-corrected chi connectivity index (χ1v) is 4.86. The van der Waals surface area contributed by atoms with E-state index < -0.39 is 0 Å². The molecule has 2 aromatic rings. The van der Waals surface area contributed by atoms with Gasteiger partial charge < -0.3 is 10.7 Å². The first kappa shape index (κ1) is 9.23. The first-order valence-electron chi connectivity index (χ1n) is 3.79. The minimum atomic E-state index is 0.116. The van der Waals surface area contributed by atoms with E-state index in [0.717, 1.165) is 10.9 Å². The van der Waals surface area contributed by atoms with Gasteiger partial charge in [-0.1, -0.05) is 11.6 Å². The molecule has 0 radical (unpaired) electrons. The van der Waals surface area contributed by atoms with Crippen LogP contribution in [-0.2, 0) is 11.5 Å². The molecule has 0 saturated heterocycles. The van der Waals surface area contributed by atoms with Gasteiger partial charge in [0.05, 0.1) is 10.5 Å². The molecule has 1 aromatic carbocycles. The van der Waals surface area contributed by atoms with E-state index in [0.29, 0.717) is 16.5 Å². The molecule has 1 aromatic heterocycles. The van der Waals surface area contributed by atoms with Crippen LogP contribution in [0.1, 0.15) is 0 Å². The van der Waals surface area contributed by atoms with Crippen LogP contribution >= 0.6 is 11.6 Å². The Kier molecular flexibility index (Phi) is 2.26. The number of fused-ring (bicyclic) bond motifs is 1. The first-order chi connectivity index (χ1) is 6.72. The average Bonchev–Trinajstić information content (AvgIpc) is 2.44. The highest BCUT2D eigenvalue weighted by Crippen LogP contribution is 2.33. The molecule has 0 aliphatic carbocycles. The molecule has 3 N–H and O–H groups in total. The zero-order chi connectivity index (χ0) is 10.1. The smallest absolute Gasteiger partial charge is 0.206 e. The van der Waals surface area contributed by atoms with Crippen LogP contribution in [0.15, 0.2) is 22.6 Å². The summed E-state index contributed by atoms with van der Waals surface area (Å²) in [6, 6.07) is 5.28. The van der Waals surface area contributed by atoms with Crippen LogP contribution in [0.4, 0.5) is 11.5 Å². The van der Waals surface area contributed by atoms with Gasteiger partial charge in [-0.3, -0.25) is 0 Å². The zero-order valence-electron chi connectivity index (χ0n) is 6.95. The van der Waals surface area contributed by atoms with Gasteiger partial charge in [-0.25, -0.2) is 0 Å². The number of nitrogens with zero attached hydrogens (tertiary/aromatic N) is 1. The average molecular weight is 228 g/mol. The number of aromatic amines is 1. The van der Waals surface area contributed by atoms with Crippen molar-refractivity contribution < 1.29 is 4.21 Å².